The highest BCUT2D eigenvalue weighted by molar-refractivity contribution is 5.70. The van der Waals surface area contributed by atoms with E-state index in [9.17, 15) is 15.2 Å². The van der Waals surface area contributed by atoms with Gasteiger partial charge >= 0.3 is 5.82 Å². The number of nitro groups is 1. The molecule has 21 heavy (non-hydrogen) atoms. The Morgan fingerprint density at radius 3 is 2.48 bits per heavy atom. The molecule has 0 radical (unpaired) electrons. The van der Waals surface area contributed by atoms with Crippen molar-refractivity contribution >= 4 is 5.82 Å². The fraction of sp³-hybridized carbons (Fsp3) is 0.357. The van der Waals surface area contributed by atoms with Gasteiger partial charge in [0.05, 0.1) is 23.4 Å². The molecular weight excluding hydrogens is 272 g/mol. The zero-order valence-corrected chi connectivity index (χ0v) is 12.0. The van der Waals surface area contributed by atoms with Gasteiger partial charge in [0.15, 0.2) is 0 Å². The number of nitrogens with two attached hydrogens (primary N) is 1. The van der Waals surface area contributed by atoms with Crippen LogP contribution in [0.2, 0.25) is 0 Å². The minimum absolute atomic E-state index is 0.175. The molecule has 0 amide bonds. The van der Waals surface area contributed by atoms with Gasteiger partial charge in [0.1, 0.15) is 5.56 Å². The first kappa shape index (κ1) is 15.1. The molecule has 0 saturated heterocycles. The van der Waals surface area contributed by atoms with E-state index in [1.165, 1.54) is 4.68 Å². The van der Waals surface area contributed by atoms with Crippen molar-refractivity contribution in [2.45, 2.75) is 32.5 Å². The molecule has 3 N–H and O–H groups in total. The van der Waals surface area contributed by atoms with E-state index >= 15 is 0 Å². The first-order chi connectivity index (χ1) is 9.80. The third kappa shape index (κ3) is 3.65. The molecule has 112 valence electrons. The molecule has 0 spiro atoms. The average Bonchev–Trinajstić information content (AvgIpc) is 2.80. The third-order valence-electron chi connectivity index (χ3n) is 2.96. The van der Waals surface area contributed by atoms with Crippen molar-refractivity contribution in [1.29, 1.82) is 0 Å². The van der Waals surface area contributed by atoms with E-state index in [4.69, 9.17) is 5.73 Å². The summed E-state index contributed by atoms with van der Waals surface area (Å²) in [6.45, 7) is 3.83. The van der Waals surface area contributed by atoms with Gasteiger partial charge in [0.25, 0.3) is 0 Å². The second kappa shape index (κ2) is 5.63. The lowest BCUT2D eigenvalue weighted by atomic mass is 10.1. The summed E-state index contributed by atoms with van der Waals surface area (Å²) in [6, 6.07) is 7.21. The number of aliphatic hydroxyl groups is 1. The number of hydrogen-bond donors (Lipinski definition) is 2. The number of aromatic nitrogens is 2. The van der Waals surface area contributed by atoms with Gasteiger partial charge in [-0.1, -0.05) is 24.3 Å². The Bertz CT molecular complexity index is 641. The number of benzene rings is 1. The monoisotopic (exact) mass is 290 g/mol. The predicted molar refractivity (Wildman–Crippen MR) is 78.5 cm³/mol. The standard InChI is InChI=1S/C14H18N4O3/c1-14(2,19)9-17-8-12(13(16-17)18(20)21)11-5-3-10(7-15)4-6-11/h3-6,8,19H,7,9,15H2,1-2H3. The number of nitrogens with zero attached hydrogens (tertiary/aromatic N) is 3. The number of rotatable bonds is 5. The summed E-state index contributed by atoms with van der Waals surface area (Å²) in [5, 5.41) is 24.9. The van der Waals surface area contributed by atoms with Crippen molar-refractivity contribution < 1.29 is 10.0 Å². The van der Waals surface area contributed by atoms with Crippen molar-refractivity contribution in [2.24, 2.45) is 5.73 Å². The maximum absolute atomic E-state index is 11.1. The molecule has 2 rings (SSSR count). The molecule has 0 aliphatic heterocycles. The van der Waals surface area contributed by atoms with Gasteiger partial charge in [-0.3, -0.25) is 0 Å². The highest BCUT2D eigenvalue weighted by atomic mass is 16.6. The molecule has 2 aromatic rings. The van der Waals surface area contributed by atoms with Crippen LogP contribution in [0.1, 0.15) is 19.4 Å². The van der Waals surface area contributed by atoms with Crippen molar-refractivity contribution in [3.05, 3.63) is 46.1 Å². The van der Waals surface area contributed by atoms with E-state index in [2.05, 4.69) is 5.10 Å². The first-order valence-electron chi connectivity index (χ1n) is 6.54. The molecule has 1 aromatic carbocycles. The summed E-state index contributed by atoms with van der Waals surface area (Å²) in [6.07, 6.45) is 1.58. The van der Waals surface area contributed by atoms with Crippen LogP contribution in [-0.2, 0) is 13.1 Å². The van der Waals surface area contributed by atoms with Crippen LogP contribution in [0.5, 0.6) is 0 Å². The first-order valence-corrected chi connectivity index (χ1v) is 6.54. The third-order valence-corrected chi connectivity index (χ3v) is 2.96. The Morgan fingerprint density at radius 2 is 2.00 bits per heavy atom. The van der Waals surface area contributed by atoms with Gasteiger partial charge < -0.3 is 21.0 Å². The molecule has 0 fully saturated rings. The van der Waals surface area contributed by atoms with Crippen molar-refractivity contribution in [3.63, 3.8) is 0 Å². The summed E-state index contributed by atoms with van der Waals surface area (Å²) in [5.41, 5.74) is 6.61. The van der Waals surface area contributed by atoms with Gasteiger partial charge in [-0.15, -0.1) is 0 Å². The summed E-state index contributed by atoms with van der Waals surface area (Å²) >= 11 is 0. The van der Waals surface area contributed by atoms with Crippen LogP contribution < -0.4 is 5.73 Å². The summed E-state index contributed by atoms with van der Waals surface area (Å²) in [5.74, 6) is -0.222. The largest absolute Gasteiger partial charge is 0.397 e. The summed E-state index contributed by atoms with van der Waals surface area (Å²) in [4.78, 5) is 10.6. The second-order valence-electron chi connectivity index (χ2n) is 5.53. The molecule has 0 aliphatic rings. The minimum atomic E-state index is -0.999. The molecule has 1 heterocycles. The quantitative estimate of drug-likeness (QED) is 0.643. The molecule has 7 heteroatoms. The maximum atomic E-state index is 11.1. The lowest BCUT2D eigenvalue weighted by Gasteiger charge is -2.14. The van der Waals surface area contributed by atoms with Gasteiger partial charge in [-0.2, -0.15) is 4.68 Å². The van der Waals surface area contributed by atoms with Crippen molar-refractivity contribution in [3.8, 4) is 11.1 Å². The Kier molecular flexibility index (Phi) is 4.06. The molecule has 0 saturated carbocycles. The van der Waals surface area contributed by atoms with Gasteiger partial charge in [-0.25, -0.2) is 0 Å². The van der Waals surface area contributed by atoms with Crippen LogP contribution in [0, 0.1) is 10.1 Å². The fourth-order valence-electron chi connectivity index (χ4n) is 2.05. The van der Waals surface area contributed by atoms with E-state index in [1.807, 2.05) is 12.1 Å². The topological polar surface area (TPSA) is 107 Å². The van der Waals surface area contributed by atoms with Crippen LogP contribution in [0.4, 0.5) is 5.82 Å². The van der Waals surface area contributed by atoms with E-state index in [0.29, 0.717) is 17.7 Å². The van der Waals surface area contributed by atoms with Crippen LogP contribution in [0.15, 0.2) is 30.5 Å². The Morgan fingerprint density at radius 1 is 1.38 bits per heavy atom. The zero-order chi connectivity index (χ0) is 15.6. The maximum Gasteiger partial charge on any atom is 0.397 e. The van der Waals surface area contributed by atoms with Crippen LogP contribution in [0.25, 0.3) is 11.1 Å². The molecular formula is C14H18N4O3. The Labute approximate surface area is 122 Å². The second-order valence-corrected chi connectivity index (χ2v) is 5.53. The molecule has 0 aliphatic carbocycles. The van der Waals surface area contributed by atoms with E-state index < -0.39 is 10.5 Å². The van der Waals surface area contributed by atoms with Gasteiger partial charge in [0, 0.05) is 6.54 Å². The minimum Gasteiger partial charge on any atom is -0.388 e. The fourth-order valence-corrected chi connectivity index (χ4v) is 2.05. The Balaban J connectivity index is 2.43. The predicted octanol–water partition coefficient (Wildman–Crippen LogP) is 1.69. The normalized spacial score (nSPS) is 11.6. The van der Waals surface area contributed by atoms with E-state index in [0.717, 1.165) is 5.56 Å². The summed E-state index contributed by atoms with van der Waals surface area (Å²) < 4.78 is 1.39. The van der Waals surface area contributed by atoms with E-state index in [1.54, 1.807) is 32.2 Å². The smallest absolute Gasteiger partial charge is 0.388 e. The van der Waals surface area contributed by atoms with Crippen LogP contribution >= 0.6 is 0 Å². The summed E-state index contributed by atoms with van der Waals surface area (Å²) in [7, 11) is 0. The number of hydrogen-bond acceptors (Lipinski definition) is 5. The van der Waals surface area contributed by atoms with Crippen LogP contribution in [-0.4, -0.2) is 25.4 Å². The van der Waals surface area contributed by atoms with Crippen molar-refractivity contribution in [2.75, 3.05) is 0 Å². The highest BCUT2D eigenvalue weighted by Gasteiger charge is 2.25. The zero-order valence-electron chi connectivity index (χ0n) is 12.0. The lowest BCUT2D eigenvalue weighted by Crippen LogP contribution is -2.26. The van der Waals surface area contributed by atoms with Gasteiger partial charge in [-0.05, 0) is 29.9 Å². The molecule has 0 atom stereocenters. The lowest BCUT2D eigenvalue weighted by molar-refractivity contribution is -0.389. The highest BCUT2D eigenvalue weighted by Crippen LogP contribution is 2.29. The molecule has 0 bridgehead atoms. The molecule has 0 unspecified atom stereocenters. The van der Waals surface area contributed by atoms with Gasteiger partial charge in [0.2, 0.25) is 0 Å². The van der Waals surface area contributed by atoms with Crippen LogP contribution in [0.3, 0.4) is 0 Å². The Hall–Kier alpha value is -2.25. The van der Waals surface area contributed by atoms with Crippen molar-refractivity contribution in [1.82, 2.24) is 9.78 Å². The average molecular weight is 290 g/mol. The molecule has 1 aromatic heterocycles. The molecule has 7 nitrogen and oxygen atoms in total. The van der Waals surface area contributed by atoms with E-state index in [-0.39, 0.29) is 12.4 Å². The SMILES string of the molecule is CC(C)(O)Cn1cc(-c2ccc(CN)cc2)c([N+](=O)[O-])n1.